The smallest absolute Gasteiger partial charge is 0.269 e. The number of aryl methyl sites for hydroxylation is 1. The third kappa shape index (κ3) is 6.84. The van der Waals surface area contributed by atoms with Gasteiger partial charge in [0.05, 0.1) is 11.5 Å². The molecule has 0 bridgehead atoms. The number of nitro benzene ring substituents is 1. The number of halogens is 2. The number of rotatable bonds is 9. The van der Waals surface area contributed by atoms with E-state index in [1.165, 1.54) is 18.2 Å². The van der Waals surface area contributed by atoms with Crippen LogP contribution >= 0.6 is 27.5 Å². The van der Waals surface area contributed by atoms with Crippen molar-refractivity contribution in [3.63, 3.8) is 0 Å². The minimum absolute atomic E-state index is 0.00421. The lowest BCUT2D eigenvalue weighted by atomic mass is 10.1. The summed E-state index contributed by atoms with van der Waals surface area (Å²) in [6.45, 7) is 4.18. The van der Waals surface area contributed by atoms with Crippen LogP contribution in [0.4, 0.5) is 11.4 Å². The number of benzene rings is 3. The molecule has 3 aromatic rings. The Balaban J connectivity index is 1.82. The van der Waals surface area contributed by atoms with Crippen LogP contribution in [0.2, 0.25) is 5.02 Å². The molecule has 1 amide bonds. The average molecular weight is 571 g/mol. The Morgan fingerprint density at radius 2 is 1.86 bits per heavy atom. The van der Waals surface area contributed by atoms with E-state index >= 15 is 0 Å². The molecule has 0 heterocycles. The molecular weight excluding hydrogens is 550 g/mol. The van der Waals surface area contributed by atoms with Crippen molar-refractivity contribution in [2.24, 2.45) is 0 Å². The second kappa shape index (κ2) is 12.2. The lowest BCUT2D eigenvalue weighted by Crippen LogP contribution is -2.13. The molecule has 0 saturated carbocycles. The van der Waals surface area contributed by atoms with Crippen molar-refractivity contribution in [1.29, 1.82) is 5.26 Å². The second-order valence-corrected chi connectivity index (χ2v) is 8.82. The molecule has 0 aromatic heterocycles. The van der Waals surface area contributed by atoms with Crippen LogP contribution in [0.3, 0.4) is 0 Å². The van der Waals surface area contributed by atoms with E-state index in [4.69, 9.17) is 21.1 Å². The zero-order chi connectivity index (χ0) is 26.2. The fourth-order valence-corrected chi connectivity index (χ4v) is 3.71. The Morgan fingerprint density at radius 3 is 2.47 bits per heavy atom. The van der Waals surface area contributed by atoms with Gasteiger partial charge in [0, 0.05) is 27.3 Å². The molecule has 36 heavy (non-hydrogen) atoms. The maximum atomic E-state index is 12.7. The van der Waals surface area contributed by atoms with Crippen molar-refractivity contribution >= 4 is 50.9 Å². The highest BCUT2D eigenvalue weighted by Crippen LogP contribution is 2.35. The number of ether oxygens (including phenoxy) is 2. The van der Waals surface area contributed by atoms with Crippen molar-refractivity contribution in [2.45, 2.75) is 20.5 Å². The molecule has 0 spiro atoms. The monoisotopic (exact) mass is 569 g/mol. The number of amides is 1. The lowest BCUT2D eigenvalue weighted by molar-refractivity contribution is -0.384. The second-order valence-electron chi connectivity index (χ2n) is 7.55. The molecule has 8 nitrogen and oxygen atoms in total. The van der Waals surface area contributed by atoms with Gasteiger partial charge in [-0.15, -0.1) is 0 Å². The summed E-state index contributed by atoms with van der Waals surface area (Å²) in [7, 11) is 0. The maximum absolute atomic E-state index is 12.7. The number of carbonyl (C=O) groups excluding carboxylic acids is 1. The summed E-state index contributed by atoms with van der Waals surface area (Å²) in [5.74, 6) is 0.258. The lowest BCUT2D eigenvalue weighted by Gasteiger charge is -2.14. The molecule has 0 atom stereocenters. The van der Waals surface area contributed by atoms with Crippen LogP contribution in [0.1, 0.15) is 23.6 Å². The Kier molecular flexibility index (Phi) is 9.06. The number of non-ortho nitro benzene ring substituents is 1. The van der Waals surface area contributed by atoms with E-state index in [-0.39, 0.29) is 17.9 Å². The molecule has 1 N–H and O–H groups in total. The van der Waals surface area contributed by atoms with E-state index in [0.717, 1.165) is 11.1 Å². The predicted molar refractivity (Wildman–Crippen MR) is 141 cm³/mol. The Morgan fingerprint density at radius 1 is 1.17 bits per heavy atom. The summed E-state index contributed by atoms with van der Waals surface area (Å²) < 4.78 is 12.2. The molecule has 3 rings (SSSR count). The van der Waals surface area contributed by atoms with Gasteiger partial charge in [-0.05, 0) is 73.0 Å². The number of nitriles is 1. The first-order valence-corrected chi connectivity index (χ1v) is 11.9. The quantitative estimate of drug-likeness (QED) is 0.130. The van der Waals surface area contributed by atoms with Gasteiger partial charge < -0.3 is 14.8 Å². The van der Waals surface area contributed by atoms with Gasteiger partial charge in [0.1, 0.15) is 18.2 Å². The molecule has 3 aromatic carbocycles. The van der Waals surface area contributed by atoms with Crippen molar-refractivity contribution in [3.05, 3.63) is 96.5 Å². The summed E-state index contributed by atoms with van der Waals surface area (Å²) in [6.07, 6.45) is 1.44. The number of carbonyl (C=O) groups is 1. The normalized spacial score (nSPS) is 10.9. The number of nitrogens with zero attached hydrogens (tertiary/aromatic N) is 2. The van der Waals surface area contributed by atoms with E-state index in [2.05, 4.69) is 21.2 Å². The minimum atomic E-state index is -0.583. The molecular formula is C26H21BrClN3O5. The molecule has 0 unspecified atom stereocenters. The highest BCUT2D eigenvalue weighted by molar-refractivity contribution is 9.10. The predicted octanol–water partition coefficient (Wildman–Crippen LogP) is 6.84. The van der Waals surface area contributed by atoms with Gasteiger partial charge in [-0.2, -0.15) is 5.26 Å². The number of hydrogen-bond donors (Lipinski definition) is 1. The molecule has 0 aliphatic heterocycles. The SMILES string of the molecule is CCOc1cc(/C=C(/C#N)C(=O)Nc2ccc(C)c(Cl)c2)c(Br)cc1OCc1ccc([N+](=O)[O-])cc1. The summed E-state index contributed by atoms with van der Waals surface area (Å²) in [4.78, 5) is 23.1. The van der Waals surface area contributed by atoms with Crippen molar-refractivity contribution < 1.29 is 19.2 Å². The average Bonchev–Trinajstić information content (AvgIpc) is 2.85. The van der Waals surface area contributed by atoms with Gasteiger partial charge in [0.2, 0.25) is 0 Å². The van der Waals surface area contributed by atoms with Crippen LogP contribution in [0, 0.1) is 28.4 Å². The van der Waals surface area contributed by atoms with E-state index < -0.39 is 10.8 Å². The Labute approximate surface area is 221 Å². The summed E-state index contributed by atoms with van der Waals surface area (Å²) in [6, 6.07) is 16.4. The molecule has 0 fully saturated rings. The maximum Gasteiger partial charge on any atom is 0.269 e. The highest BCUT2D eigenvalue weighted by atomic mass is 79.9. The Hall–Kier alpha value is -3.87. The van der Waals surface area contributed by atoms with E-state index in [1.807, 2.05) is 19.9 Å². The van der Waals surface area contributed by atoms with Crippen molar-refractivity contribution in [2.75, 3.05) is 11.9 Å². The molecule has 10 heteroatoms. The fourth-order valence-electron chi connectivity index (χ4n) is 3.09. The summed E-state index contributed by atoms with van der Waals surface area (Å²) in [5.41, 5.74) is 2.50. The highest BCUT2D eigenvalue weighted by Gasteiger charge is 2.15. The zero-order valence-corrected chi connectivity index (χ0v) is 21.7. The molecule has 184 valence electrons. The van der Waals surface area contributed by atoms with E-state index in [1.54, 1.807) is 42.5 Å². The van der Waals surface area contributed by atoms with Gasteiger partial charge in [0.25, 0.3) is 11.6 Å². The van der Waals surface area contributed by atoms with Crippen molar-refractivity contribution in [3.8, 4) is 17.6 Å². The first kappa shape index (κ1) is 26.7. The minimum Gasteiger partial charge on any atom is -0.490 e. The zero-order valence-electron chi connectivity index (χ0n) is 19.4. The molecule has 0 aliphatic rings. The van der Waals surface area contributed by atoms with E-state index in [9.17, 15) is 20.2 Å². The van der Waals surface area contributed by atoms with Crippen LogP contribution in [0.25, 0.3) is 6.08 Å². The number of anilines is 1. The van der Waals surface area contributed by atoms with Gasteiger partial charge in [-0.3, -0.25) is 14.9 Å². The van der Waals surface area contributed by atoms with Crippen LogP contribution in [0.5, 0.6) is 11.5 Å². The first-order chi connectivity index (χ1) is 17.2. The van der Waals surface area contributed by atoms with Crippen LogP contribution in [-0.4, -0.2) is 17.4 Å². The van der Waals surface area contributed by atoms with Crippen LogP contribution < -0.4 is 14.8 Å². The fraction of sp³-hybridized carbons (Fsp3) is 0.154. The number of nitrogens with one attached hydrogen (secondary N) is 1. The summed E-state index contributed by atoms with van der Waals surface area (Å²) >= 11 is 9.58. The number of nitro groups is 1. The third-order valence-electron chi connectivity index (χ3n) is 5.00. The topological polar surface area (TPSA) is 114 Å². The van der Waals surface area contributed by atoms with Crippen molar-refractivity contribution in [1.82, 2.24) is 0 Å². The first-order valence-electron chi connectivity index (χ1n) is 10.7. The van der Waals surface area contributed by atoms with Gasteiger partial charge >= 0.3 is 0 Å². The van der Waals surface area contributed by atoms with Gasteiger partial charge in [0.15, 0.2) is 11.5 Å². The van der Waals surface area contributed by atoms with Gasteiger partial charge in [-0.1, -0.05) is 33.6 Å². The summed E-state index contributed by atoms with van der Waals surface area (Å²) in [5, 5.41) is 23.6. The molecule has 0 aliphatic carbocycles. The largest absolute Gasteiger partial charge is 0.490 e. The van der Waals surface area contributed by atoms with Crippen LogP contribution in [0.15, 0.2) is 64.6 Å². The van der Waals surface area contributed by atoms with Crippen LogP contribution in [-0.2, 0) is 11.4 Å². The van der Waals surface area contributed by atoms with Gasteiger partial charge in [-0.25, -0.2) is 0 Å². The third-order valence-corrected chi connectivity index (χ3v) is 6.09. The Bertz CT molecular complexity index is 1370. The standard InChI is InChI=1S/C26H21BrClN3O5/c1-3-35-24-11-18(10-19(14-29)26(32)30-20-7-4-16(2)23(28)12-20)22(27)13-25(24)36-15-17-5-8-21(9-6-17)31(33)34/h4-13H,3,15H2,1-2H3,(H,30,32)/b19-10-. The molecule has 0 saturated heterocycles. The van der Waals surface area contributed by atoms with E-state index in [0.29, 0.717) is 38.9 Å². The number of hydrogen-bond acceptors (Lipinski definition) is 6. The molecule has 0 radical (unpaired) electrons.